The summed E-state index contributed by atoms with van der Waals surface area (Å²) in [5, 5.41) is 3.00. The Kier molecular flexibility index (Phi) is 3.04. The van der Waals surface area contributed by atoms with E-state index < -0.39 is 14.6 Å². The molecule has 1 aromatic carbocycles. The van der Waals surface area contributed by atoms with Gasteiger partial charge in [0.25, 0.3) is 0 Å². The monoisotopic (exact) mass is 253 g/mol. The van der Waals surface area contributed by atoms with Crippen molar-refractivity contribution in [3.05, 3.63) is 29.3 Å². The minimum Gasteiger partial charge on any atom is -0.318 e. The zero-order valence-electron chi connectivity index (χ0n) is 10.6. The largest absolute Gasteiger partial charge is 0.318 e. The van der Waals surface area contributed by atoms with Crippen molar-refractivity contribution in [2.45, 2.75) is 36.3 Å². The first kappa shape index (κ1) is 12.6. The molecule has 1 saturated carbocycles. The maximum Gasteiger partial charge on any atom is 0.185 e. The molecule has 0 saturated heterocycles. The first-order chi connectivity index (χ1) is 7.93. The van der Waals surface area contributed by atoms with Crippen molar-refractivity contribution in [1.82, 2.24) is 5.32 Å². The average molecular weight is 253 g/mol. The van der Waals surface area contributed by atoms with Crippen LogP contribution in [-0.4, -0.2) is 26.8 Å². The number of nitrogens with one attached hydrogen (secondary N) is 1. The lowest BCUT2D eigenvalue weighted by atomic mass is 10.2. The van der Waals surface area contributed by atoms with Crippen LogP contribution in [0.25, 0.3) is 0 Å². The summed E-state index contributed by atoms with van der Waals surface area (Å²) in [6, 6.07) is 5.55. The molecule has 94 valence electrons. The molecule has 4 heteroatoms. The Bertz CT molecular complexity index is 530. The van der Waals surface area contributed by atoms with E-state index in [9.17, 15) is 8.42 Å². The van der Waals surface area contributed by atoms with E-state index in [4.69, 9.17) is 0 Å². The fourth-order valence-electron chi connectivity index (χ4n) is 2.34. The molecular formula is C13H19NO2S. The third-order valence-electron chi connectivity index (χ3n) is 3.50. The van der Waals surface area contributed by atoms with Crippen LogP contribution in [0.15, 0.2) is 23.1 Å². The Morgan fingerprint density at radius 1 is 1.29 bits per heavy atom. The lowest BCUT2D eigenvalue weighted by molar-refractivity contribution is 0.568. The van der Waals surface area contributed by atoms with Gasteiger partial charge in [0.15, 0.2) is 9.84 Å². The normalized spacial score (nSPS) is 18.1. The molecular weight excluding hydrogens is 234 g/mol. The Balaban J connectivity index is 2.46. The van der Waals surface area contributed by atoms with E-state index in [1.54, 1.807) is 13.1 Å². The molecule has 0 aromatic heterocycles. The smallest absolute Gasteiger partial charge is 0.185 e. The van der Waals surface area contributed by atoms with Gasteiger partial charge < -0.3 is 5.32 Å². The number of benzene rings is 1. The van der Waals surface area contributed by atoms with E-state index in [-0.39, 0.29) is 0 Å². The molecule has 1 fully saturated rings. The second-order valence-corrected chi connectivity index (χ2v) is 7.30. The van der Waals surface area contributed by atoms with Crippen LogP contribution in [0, 0.1) is 13.8 Å². The van der Waals surface area contributed by atoms with Gasteiger partial charge in [0.2, 0.25) is 0 Å². The summed E-state index contributed by atoms with van der Waals surface area (Å²) in [6.07, 6.45) is 1.53. The van der Waals surface area contributed by atoms with Crippen molar-refractivity contribution in [1.29, 1.82) is 0 Å². The van der Waals surface area contributed by atoms with Crippen LogP contribution >= 0.6 is 0 Å². The fourth-order valence-corrected chi connectivity index (χ4v) is 4.51. The number of sulfone groups is 1. The van der Waals surface area contributed by atoms with Gasteiger partial charge in [0.1, 0.15) is 0 Å². The summed E-state index contributed by atoms with van der Waals surface area (Å²) < 4.78 is 24.6. The van der Waals surface area contributed by atoms with Crippen LogP contribution in [-0.2, 0) is 9.84 Å². The van der Waals surface area contributed by atoms with Crippen LogP contribution < -0.4 is 5.32 Å². The van der Waals surface area contributed by atoms with E-state index in [0.717, 1.165) is 24.0 Å². The predicted octanol–water partition coefficient (Wildman–Crippen LogP) is 1.83. The first-order valence-corrected chi connectivity index (χ1v) is 7.38. The fraction of sp³-hybridized carbons (Fsp3) is 0.538. The Labute approximate surface area is 103 Å². The van der Waals surface area contributed by atoms with Crippen LogP contribution in [0.4, 0.5) is 0 Å². The molecule has 1 N–H and O–H groups in total. The Hall–Kier alpha value is -0.870. The second-order valence-electron chi connectivity index (χ2n) is 4.99. The molecule has 17 heavy (non-hydrogen) atoms. The molecule has 0 amide bonds. The van der Waals surface area contributed by atoms with Gasteiger partial charge in [-0.25, -0.2) is 8.42 Å². The number of hydrogen-bond acceptors (Lipinski definition) is 3. The van der Waals surface area contributed by atoms with Crippen LogP contribution in [0.3, 0.4) is 0 Å². The average Bonchev–Trinajstić information content (AvgIpc) is 2.99. The summed E-state index contributed by atoms with van der Waals surface area (Å²) >= 11 is 0. The quantitative estimate of drug-likeness (QED) is 0.890. The Morgan fingerprint density at radius 2 is 1.94 bits per heavy atom. The number of rotatable bonds is 4. The van der Waals surface area contributed by atoms with E-state index >= 15 is 0 Å². The lowest BCUT2D eigenvalue weighted by Gasteiger charge is -2.17. The van der Waals surface area contributed by atoms with Crippen LogP contribution in [0.1, 0.15) is 24.0 Å². The number of hydrogen-bond donors (Lipinski definition) is 1. The van der Waals surface area contributed by atoms with E-state index in [0.29, 0.717) is 11.4 Å². The van der Waals surface area contributed by atoms with Gasteiger partial charge in [-0.2, -0.15) is 0 Å². The molecule has 1 aliphatic rings. The summed E-state index contributed by atoms with van der Waals surface area (Å²) in [4.78, 5) is 0.496. The van der Waals surface area contributed by atoms with Crippen molar-refractivity contribution >= 4 is 9.84 Å². The van der Waals surface area contributed by atoms with Gasteiger partial charge in [-0.1, -0.05) is 17.7 Å². The molecule has 1 aromatic rings. The van der Waals surface area contributed by atoms with Crippen LogP contribution in [0.5, 0.6) is 0 Å². The van der Waals surface area contributed by atoms with Gasteiger partial charge in [-0.3, -0.25) is 0 Å². The first-order valence-electron chi connectivity index (χ1n) is 5.89. The zero-order valence-corrected chi connectivity index (χ0v) is 11.4. The highest BCUT2D eigenvalue weighted by Crippen LogP contribution is 2.46. The highest BCUT2D eigenvalue weighted by molar-refractivity contribution is 7.93. The van der Waals surface area contributed by atoms with Crippen molar-refractivity contribution in [2.75, 3.05) is 13.6 Å². The maximum absolute atomic E-state index is 12.6. The third kappa shape index (κ3) is 2.00. The van der Waals surface area contributed by atoms with Crippen molar-refractivity contribution < 1.29 is 8.42 Å². The molecule has 0 aliphatic heterocycles. The van der Waals surface area contributed by atoms with Crippen LogP contribution in [0.2, 0.25) is 0 Å². The van der Waals surface area contributed by atoms with Gasteiger partial charge in [-0.15, -0.1) is 0 Å². The standard InChI is InChI=1S/C13H19NO2S/c1-10-4-5-12(11(2)8-10)17(15,16)13(6-7-13)9-14-3/h4-5,8,14H,6-7,9H2,1-3H3. The van der Waals surface area contributed by atoms with E-state index in [1.165, 1.54) is 0 Å². The van der Waals surface area contributed by atoms with Crippen molar-refractivity contribution in [2.24, 2.45) is 0 Å². The van der Waals surface area contributed by atoms with E-state index in [1.807, 2.05) is 26.0 Å². The molecule has 0 bridgehead atoms. The minimum atomic E-state index is -3.20. The zero-order chi connectivity index (χ0) is 12.7. The molecule has 2 rings (SSSR count). The predicted molar refractivity (Wildman–Crippen MR) is 69.0 cm³/mol. The van der Waals surface area contributed by atoms with Gasteiger partial charge in [0.05, 0.1) is 9.64 Å². The summed E-state index contributed by atoms with van der Waals surface area (Å²) in [7, 11) is -1.40. The van der Waals surface area contributed by atoms with Crippen molar-refractivity contribution in [3.63, 3.8) is 0 Å². The topological polar surface area (TPSA) is 46.2 Å². The van der Waals surface area contributed by atoms with E-state index in [2.05, 4.69) is 5.32 Å². The summed E-state index contributed by atoms with van der Waals surface area (Å²) in [5.74, 6) is 0. The second kappa shape index (κ2) is 4.10. The summed E-state index contributed by atoms with van der Waals surface area (Å²) in [5.41, 5.74) is 1.95. The lowest BCUT2D eigenvalue weighted by Crippen LogP contribution is -2.34. The maximum atomic E-state index is 12.6. The third-order valence-corrected chi connectivity index (χ3v) is 6.23. The SMILES string of the molecule is CNCC1(S(=O)(=O)c2ccc(C)cc2C)CC1. The molecule has 0 heterocycles. The molecule has 0 radical (unpaired) electrons. The van der Waals surface area contributed by atoms with Gasteiger partial charge >= 0.3 is 0 Å². The molecule has 0 spiro atoms. The highest BCUT2D eigenvalue weighted by atomic mass is 32.2. The van der Waals surface area contributed by atoms with Gasteiger partial charge in [0, 0.05) is 6.54 Å². The molecule has 1 aliphatic carbocycles. The summed E-state index contributed by atoms with van der Waals surface area (Å²) in [6.45, 7) is 4.39. The van der Waals surface area contributed by atoms with Gasteiger partial charge in [-0.05, 0) is 45.4 Å². The molecule has 3 nitrogen and oxygen atoms in total. The number of aryl methyl sites for hydroxylation is 2. The van der Waals surface area contributed by atoms with Crippen molar-refractivity contribution in [3.8, 4) is 0 Å². The minimum absolute atomic E-state index is 0.496. The highest BCUT2D eigenvalue weighted by Gasteiger charge is 2.54. The molecule has 0 unspecified atom stereocenters. The Morgan fingerprint density at radius 3 is 2.41 bits per heavy atom. The molecule has 0 atom stereocenters.